The molecule has 1 saturated carbocycles. The van der Waals surface area contributed by atoms with Gasteiger partial charge in [-0.25, -0.2) is 0 Å². The van der Waals surface area contributed by atoms with Crippen LogP contribution in [0.1, 0.15) is 23.7 Å². The lowest BCUT2D eigenvalue weighted by Crippen LogP contribution is -1.98. The van der Waals surface area contributed by atoms with Crippen molar-refractivity contribution in [1.82, 2.24) is 0 Å². The molecule has 0 radical (unpaired) electrons. The Bertz CT molecular complexity index is 422. The van der Waals surface area contributed by atoms with Crippen molar-refractivity contribution in [3.63, 3.8) is 0 Å². The third-order valence-electron chi connectivity index (χ3n) is 3.35. The zero-order valence-corrected chi connectivity index (χ0v) is 12.5. The van der Waals surface area contributed by atoms with Crippen molar-refractivity contribution in [2.45, 2.75) is 18.2 Å². The number of halogens is 2. The van der Waals surface area contributed by atoms with Crippen LogP contribution in [-0.4, -0.2) is 14.2 Å². The first-order chi connectivity index (χ1) is 8.08. The van der Waals surface area contributed by atoms with Crippen LogP contribution in [0.25, 0.3) is 0 Å². The molecule has 0 N–H and O–H groups in total. The lowest BCUT2D eigenvalue weighted by Gasteiger charge is -2.15. The molecule has 1 fully saturated rings. The first-order valence-corrected chi connectivity index (χ1v) is 6.93. The number of hydrogen-bond acceptors (Lipinski definition) is 2. The summed E-state index contributed by atoms with van der Waals surface area (Å²) in [6, 6.07) is 3.78. The maximum Gasteiger partial charge on any atom is 0.162 e. The second kappa shape index (κ2) is 5.07. The molecule has 1 aliphatic rings. The number of methoxy groups -OCH3 is 2. The predicted molar refractivity (Wildman–Crippen MR) is 73.5 cm³/mol. The van der Waals surface area contributed by atoms with Gasteiger partial charge >= 0.3 is 0 Å². The second-order valence-corrected chi connectivity index (χ2v) is 5.90. The minimum atomic E-state index is 0.296. The summed E-state index contributed by atoms with van der Waals surface area (Å²) in [5.74, 6) is 2.84. The van der Waals surface area contributed by atoms with E-state index in [0.29, 0.717) is 16.5 Å². The van der Waals surface area contributed by atoms with Gasteiger partial charge in [-0.1, -0.05) is 34.5 Å². The van der Waals surface area contributed by atoms with Gasteiger partial charge in [-0.3, -0.25) is 0 Å². The van der Waals surface area contributed by atoms with E-state index < -0.39 is 0 Å². The molecule has 1 aliphatic carbocycles. The molecule has 3 atom stereocenters. The highest BCUT2D eigenvalue weighted by Crippen LogP contribution is 2.53. The average Bonchev–Trinajstić information content (AvgIpc) is 3.05. The molecular formula is C13H16BrClO2. The van der Waals surface area contributed by atoms with Crippen molar-refractivity contribution >= 4 is 27.5 Å². The smallest absolute Gasteiger partial charge is 0.162 e. The van der Waals surface area contributed by atoms with Gasteiger partial charge in [0.05, 0.1) is 14.2 Å². The van der Waals surface area contributed by atoms with E-state index in [1.807, 2.05) is 12.1 Å². The predicted octanol–water partition coefficient (Wildman–Crippen LogP) is 4.45. The highest BCUT2D eigenvalue weighted by molar-refractivity contribution is 9.09. The Labute approximate surface area is 115 Å². The van der Waals surface area contributed by atoms with E-state index in [-0.39, 0.29) is 0 Å². The van der Waals surface area contributed by atoms with E-state index in [4.69, 9.17) is 21.1 Å². The summed E-state index contributed by atoms with van der Waals surface area (Å²) in [5.41, 5.74) is 1.08. The zero-order chi connectivity index (χ0) is 12.6. The monoisotopic (exact) mass is 318 g/mol. The van der Waals surface area contributed by atoms with Gasteiger partial charge in [-0.2, -0.15) is 0 Å². The van der Waals surface area contributed by atoms with Crippen LogP contribution < -0.4 is 9.47 Å². The highest BCUT2D eigenvalue weighted by atomic mass is 79.9. The maximum atomic E-state index is 6.29. The molecule has 0 bridgehead atoms. The van der Waals surface area contributed by atoms with Crippen molar-refractivity contribution in [3.8, 4) is 11.5 Å². The van der Waals surface area contributed by atoms with E-state index >= 15 is 0 Å². The van der Waals surface area contributed by atoms with Crippen LogP contribution >= 0.6 is 27.5 Å². The molecule has 0 aromatic heterocycles. The normalized spacial score (nSPS) is 24.3. The molecule has 2 rings (SSSR count). The van der Waals surface area contributed by atoms with Crippen molar-refractivity contribution in [2.24, 2.45) is 11.8 Å². The summed E-state index contributed by atoms with van der Waals surface area (Å²) in [6.07, 6.45) is 1.25. The van der Waals surface area contributed by atoms with E-state index in [2.05, 4.69) is 22.9 Å². The minimum Gasteiger partial charge on any atom is -0.493 e. The van der Waals surface area contributed by atoms with Crippen molar-refractivity contribution < 1.29 is 9.47 Å². The molecule has 2 nitrogen and oxygen atoms in total. The van der Waals surface area contributed by atoms with Gasteiger partial charge in [0.1, 0.15) is 0 Å². The molecule has 3 unspecified atom stereocenters. The van der Waals surface area contributed by atoms with E-state index in [1.165, 1.54) is 6.42 Å². The van der Waals surface area contributed by atoms with Crippen LogP contribution in [0, 0.1) is 11.8 Å². The number of benzene rings is 1. The maximum absolute atomic E-state index is 6.29. The fourth-order valence-electron chi connectivity index (χ4n) is 2.07. The van der Waals surface area contributed by atoms with Gasteiger partial charge in [0, 0.05) is 15.9 Å². The summed E-state index contributed by atoms with van der Waals surface area (Å²) < 4.78 is 10.5. The van der Waals surface area contributed by atoms with Gasteiger partial charge in [-0.15, -0.1) is 0 Å². The van der Waals surface area contributed by atoms with E-state index in [0.717, 1.165) is 22.3 Å². The van der Waals surface area contributed by atoms with Crippen LogP contribution in [0.2, 0.25) is 5.02 Å². The summed E-state index contributed by atoms with van der Waals surface area (Å²) >= 11 is 10.0. The summed E-state index contributed by atoms with van der Waals surface area (Å²) in [7, 11) is 3.25. The molecular weight excluding hydrogens is 303 g/mol. The molecule has 1 aromatic rings. The van der Waals surface area contributed by atoms with E-state index in [1.54, 1.807) is 14.2 Å². The Hall–Kier alpha value is -0.410. The third-order valence-corrected chi connectivity index (χ3v) is 4.85. The molecule has 0 heterocycles. The van der Waals surface area contributed by atoms with Crippen LogP contribution in [0.5, 0.6) is 11.5 Å². The first-order valence-electron chi connectivity index (χ1n) is 5.64. The van der Waals surface area contributed by atoms with Crippen LogP contribution in [0.4, 0.5) is 0 Å². The van der Waals surface area contributed by atoms with Gasteiger partial charge in [-0.05, 0) is 29.9 Å². The van der Waals surface area contributed by atoms with Gasteiger partial charge in [0.2, 0.25) is 0 Å². The lowest BCUT2D eigenvalue weighted by atomic mass is 10.1. The number of rotatable bonds is 4. The summed E-state index contributed by atoms with van der Waals surface area (Å²) in [4.78, 5) is 0.296. The Morgan fingerprint density at radius 1 is 1.29 bits per heavy atom. The fourth-order valence-corrected chi connectivity index (χ4v) is 3.59. The fraction of sp³-hybridized carbons (Fsp3) is 0.538. The quantitative estimate of drug-likeness (QED) is 0.763. The van der Waals surface area contributed by atoms with Crippen LogP contribution in [0.3, 0.4) is 0 Å². The Kier molecular flexibility index (Phi) is 3.88. The molecule has 17 heavy (non-hydrogen) atoms. The third kappa shape index (κ3) is 2.55. The molecule has 0 amide bonds. The van der Waals surface area contributed by atoms with Gasteiger partial charge < -0.3 is 9.47 Å². The van der Waals surface area contributed by atoms with Crippen molar-refractivity contribution in [1.29, 1.82) is 0 Å². The highest BCUT2D eigenvalue weighted by Gasteiger charge is 2.39. The van der Waals surface area contributed by atoms with Crippen molar-refractivity contribution in [2.75, 3.05) is 14.2 Å². The van der Waals surface area contributed by atoms with Crippen LogP contribution in [0.15, 0.2) is 12.1 Å². The van der Waals surface area contributed by atoms with Gasteiger partial charge in [0.25, 0.3) is 0 Å². The molecule has 0 aliphatic heterocycles. The largest absolute Gasteiger partial charge is 0.493 e. The topological polar surface area (TPSA) is 18.5 Å². The second-order valence-electron chi connectivity index (χ2n) is 4.51. The minimum absolute atomic E-state index is 0.296. The molecule has 4 heteroatoms. The van der Waals surface area contributed by atoms with Gasteiger partial charge in [0.15, 0.2) is 11.5 Å². The SMILES string of the molecule is COc1cc(Cl)c(C(Br)C2CC2C)cc1OC. The summed E-state index contributed by atoms with van der Waals surface area (Å²) in [5, 5.41) is 0.726. The molecule has 0 spiro atoms. The average molecular weight is 320 g/mol. The standard InChI is InChI=1S/C13H16BrClO2/c1-7-4-8(7)13(14)9-5-11(16-2)12(17-3)6-10(9)15/h5-8,13H,4H2,1-3H3. The number of hydrogen-bond donors (Lipinski definition) is 0. The molecule has 1 aromatic carbocycles. The van der Waals surface area contributed by atoms with Crippen molar-refractivity contribution in [3.05, 3.63) is 22.7 Å². The first kappa shape index (κ1) is 13.0. The van der Waals surface area contributed by atoms with Crippen LogP contribution in [-0.2, 0) is 0 Å². The summed E-state index contributed by atoms with van der Waals surface area (Å²) in [6.45, 7) is 2.26. The lowest BCUT2D eigenvalue weighted by molar-refractivity contribution is 0.354. The molecule has 94 valence electrons. The number of ether oxygens (including phenoxy) is 2. The Morgan fingerprint density at radius 2 is 1.82 bits per heavy atom. The molecule has 0 saturated heterocycles. The Morgan fingerprint density at radius 3 is 2.29 bits per heavy atom. The number of alkyl halides is 1. The Balaban J connectivity index is 2.33. The zero-order valence-electron chi connectivity index (χ0n) is 10.2. The van der Waals surface area contributed by atoms with E-state index in [9.17, 15) is 0 Å².